The molecule has 3 aromatic rings. The maximum Gasteiger partial charge on any atom is 0.0454 e. The molecule has 29 heavy (non-hydrogen) atoms. The third-order valence-electron chi connectivity index (χ3n) is 4.56. The van der Waals surface area contributed by atoms with E-state index in [4.69, 9.17) is 5.73 Å². The lowest BCUT2D eigenvalue weighted by molar-refractivity contribution is 0.866. The predicted octanol–water partition coefficient (Wildman–Crippen LogP) is 6.83. The van der Waals surface area contributed by atoms with Gasteiger partial charge in [0.05, 0.1) is 0 Å². The fraction of sp³-hybridized carbons (Fsp3) is 0.269. The summed E-state index contributed by atoms with van der Waals surface area (Å²) in [5.74, 6) is 0.543. The number of nitrogens with one attached hydrogen (secondary N) is 1. The van der Waals surface area contributed by atoms with E-state index < -0.39 is 0 Å². The number of hydrogen-bond acceptors (Lipinski definition) is 2. The third-order valence-corrected chi connectivity index (χ3v) is 4.56. The number of benzene rings is 2. The molecule has 2 aromatic carbocycles. The van der Waals surface area contributed by atoms with Crippen molar-refractivity contribution >= 4 is 22.2 Å². The normalized spacial score (nSPS) is 12.1. The van der Waals surface area contributed by atoms with Crippen molar-refractivity contribution in [3.05, 3.63) is 89.9 Å². The number of aromatic amines is 1. The van der Waals surface area contributed by atoms with E-state index >= 15 is 0 Å². The molecule has 0 radical (unpaired) electrons. The maximum absolute atomic E-state index is 4.92. The second kappa shape index (κ2) is 10.5. The van der Waals surface area contributed by atoms with Gasteiger partial charge in [0, 0.05) is 30.0 Å². The first-order chi connectivity index (χ1) is 13.8. The summed E-state index contributed by atoms with van der Waals surface area (Å²) in [6, 6.07) is 17.4. The number of H-pyrrole nitrogens is 1. The molecule has 0 amide bonds. The number of aliphatic imine (C=N–C) groups is 1. The molecule has 3 N–H and O–H groups in total. The number of nitrogens with zero attached hydrogens (tertiary/aromatic N) is 1. The Morgan fingerprint density at radius 2 is 1.83 bits per heavy atom. The van der Waals surface area contributed by atoms with Gasteiger partial charge in [-0.25, -0.2) is 0 Å². The second-order valence-electron chi connectivity index (χ2n) is 7.88. The number of allylic oxidation sites excluding steroid dienone is 2. The van der Waals surface area contributed by atoms with Crippen molar-refractivity contribution in [2.45, 2.75) is 47.0 Å². The minimum absolute atomic E-state index is 0.543. The second-order valence-corrected chi connectivity index (χ2v) is 7.88. The van der Waals surface area contributed by atoms with Gasteiger partial charge in [0.2, 0.25) is 0 Å². The molecule has 0 bridgehead atoms. The zero-order chi connectivity index (χ0) is 21.4. The SMILES string of the molecule is C=C(C)N.CC(Cc1ccc2[nH]ccc2c1)=N/C=C(\C)c1cccc(C(C)C)c1. The van der Waals surface area contributed by atoms with Crippen LogP contribution in [0, 0.1) is 0 Å². The van der Waals surface area contributed by atoms with Crippen LogP contribution in [0.3, 0.4) is 0 Å². The van der Waals surface area contributed by atoms with Crippen LogP contribution in [-0.4, -0.2) is 10.7 Å². The Kier molecular flexibility index (Phi) is 8.02. The Morgan fingerprint density at radius 1 is 1.10 bits per heavy atom. The first-order valence-corrected chi connectivity index (χ1v) is 10.0. The van der Waals surface area contributed by atoms with Gasteiger partial charge >= 0.3 is 0 Å². The molecule has 3 rings (SSSR count). The minimum Gasteiger partial charge on any atom is -0.403 e. The van der Waals surface area contributed by atoms with E-state index in [1.165, 1.54) is 33.2 Å². The van der Waals surface area contributed by atoms with Gasteiger partial charge in [-0.1, -0.05) is 50.8 Å². The highest BCUT2D eigenvalue weighted by Gasteiger charge is 2.02. The van der Waals surface area contributed by atoms with Gasteiger partial charge in [-0.3, -0.25) is 4.99 Å². The number of fused-ring (bicyclic) bond motifs is 1. The van der Waals surface area contributed by atoms with Crippen molar-refractivity contribution in [2.75, 3.05) is 0 Å². The van der Waals surface area contributed by atoms with Gasteiger partial charge in [0.1, 0.15) is 0 Å². The summed E-state index contributed by atoms with van der Waals surface area (Å²) in [5.41, 5.74) is 13.0. The van der Waals surface area contributed by atoms with Crippen LogP contribution in [0.15, 0.2) is 78.2 Å². The van der Waals surface area contributed by atoms with Gasteiger partial charge < -0.3 is 10.7 Å². The average Bonchev–Trinajstić information content (AvgIpc) is 3.13. The summed E-state index contributed by atoms with van der Waals surface area (Å²) in [4.78, 5) is 7.92. The standard InChI is InChI=1S/C23H26N2.C3H7N/c1-16(2)20-6-5-7-21(14-20)17(3)15-25-18(4)12-19-8-9-23-22(13-19)10-11-24-23;1-3(2)4/h5-11,13-16,24H,12H2,1-4H3;1,4H2,2H3/b17-15+,25-18?;. The van der Waals surface area contributed by atoms with Crippen molar-refractivity contribution in [3.63, 3.8) is 0 Å². The molecular weight excluding hydrogens is 354 g/mol. The van der Waals surface area contributed by atoms with E-state index in [1.807, 2.05) is 12.4 Å². The van der Waals surface area contributed by atoms with Crippen molar-refractivity contribution in [1.29, 1.82) is 0 Å². The average molecular weight is 388 g/mol. The molecule has 3 heteroatoms. The molecule has 1 heterocycles. The monoisotopic (exact) mass is 387 g/mol. The minimum atomic E-state index is 0.543. The summed E-state index contributed by atoms with van der Waals surface area (Å²) >= 11 is 0. The molecule has 0 saturated carbocycles. The summed E-state index contributed by atoms with van der Waals surface area (Å²) in [5, 5.41) is 1.25. The van der Waals surface area contributed by atoms with Crippen LogP contribution in [0.25, 0.3) is 16.5 Å². The predicted molar refractivity (Wildman–Crippen MR) is 128 cm³/mol. The van der Waals surface area contributed by atoms with Crippen LogP contribution < -0.4 is 5.73 Å². The highest BCUT2D eigenvalue weighted by Crippen LogP contribution is 2.21. The maximum atomic E-state index is 4.92. The molecular formula is C26H33N3. The quantitative estimate of drug-likeness (QED) is 0.463. The Balaban J connectivity index is 0.000000687. The molecule has 1 aromatic heterocycles. The van der Waals surface area contributed by atoms with Gasteiger partial charge in [-0.05, 0) is 78.2 Å². The summed E-state index contributed by atoms with van der Waals surface area (Å²) in [7, 11) is 0. The van der Waals surface area contributed by atoms with Crippen LogP contribution in [0.4, 0.5) is 0 Å². The van der Waals surface area contributed by atoms with Crippen LogP contribution in [0.1, 0.15) is 57.2 Å². The number of hydrogen-bond donors (Lipinski definition) is 2. The zero-order valence-corrected chi connectivity index (χ0v) is 18.3. The summed E-state index contributed by atoms with van der Waals surface area (Å²) in [6.45, 7) is 13.8. The Hall–Kier alpha value is -3.07. The molecule has 0 unspecified atom stereocenters. The first-order valence-electron chi connectivity index (χ1n) is 10.0. The van der Waals surface area contributed by atoms with Gasteiger partial charge in [-0.15, -0.1) is 0 Å². The lowest BCUT2D eigenvalue weighted by Crippen LogP contribution is -1.97. The Labute approximate surface area is 175 Å². The highest BCUT2D eigenvalue weighted by molar-refractivity contribution is 5.87. The van der Waals surface area contributed by atoms with E-state index in [9.17, 15) is 0 Å². The lowest BCUT2D eigenvalue weighted by Gasteiger charge is -2.08. The molecule has 0 aliphatic rings. The van der Waals surface area contributed by atoms with Gasteiger partial charge in [0.25, 0.3) is 0 Å². The first kappa shape index (κ1) is 22.2. The van der Waals surface area contributed by atoms with Crippen molar-refractivity contribution < 1.29 is 0 Å². The fourth-order valence-electron chi connectivity index (χ4n) is 2.98. The zero-order valence-electron chi connectivity index (χ0n) is 18.3. The van der Waals surface area contributed by atoms with E-state index in [0.717, 1.165) is 12.1 Å². The van der Waals surface area contributed by atoms with Gasteiger partial charge in [-0.2, -0.15) is 0 Å². The van der Waals surface area contributed by atoms with Crippen LogP contribution >= 0.6 is 0 Å². The molecule has 0 fully saturated rings. The number of nitrogens with two attached hydrogens (primary N) is 1. The summed E-state index contributed by atoms with van der Waals surface area (Å²) in [6.07, 6.45) is 4.84. The molecule has 0 spiro atoms. The smallest absolute Gasteiger partial charge is 0.0454 e. The summed E-state index contributed by atoms with van der Waals surface area (Å²) < 4.78 is 0. The van der Waals surface area contributed by atoms with Crippen molar-refractivity contribution in [1.82, 2.24) is 4.98 Å². The van der Waals surface area contributed by atoms with Crippen LogP contribution in [0.2, 0.25) is 0 Å². The molecule has 0 aliphatic heterocycles. The Bertz CT molecular complexity index is 1020. The van der Waals surface area contributed by atoms with E-state index in [2.05, 4.69) is 92.8 Å². The number of aromatic nitrogens is 1. The fourth-order valence-corrected chi connectivity index (χ4v) is 2.98. The van der Waals surface area contributed by atoms with E-state index in [-0.39, 0.29) is 0 Å². The van der Waals surface area contributed by atoms with Crippen LogP contribution in [-0.2, 0) is 6.42 Å². The molecule has 152 valence electrons. The highest BCUT2D eigenvalue weighted by atomic mass is 14.7. The third kappa shape index (κ3) is 7.11. The Morgan fingerprint density at radius 3 is 2.52 bits per heavy atom. The van der Waals surface area contributed by atoms with Crippen molar-refractivity contribution in [2.24, 2.45) is 10.7 Å². The lowest BCUT2D eigenvalue weighted by atomic mass is 9.98. The molecule has 0 aliphatic carbocycles. The van der Waals surface area contributed by atoms with E-state index in [1.54, 1.807) is 6.92 Å². The van der Waals surface area contributed by atoms with Crippen molar-refractivity contribution in [3.8, 4) is 0 Å². The molecule has 0 atom stereocenters. The largest absolute Gasteiger partial charge is 0.403 e. The van der Waals surface area contributed by atoms with Gasteiger partial charge in [0.15, 0.2) is 0 Å². The number of rotatable bonds is 5. The molecule has 3 nitrogen and oxygen atoms in total. The topological polar surface area (TPSA) is 54.2 Å². The van der Waals surface area contributed by atoms with Crippen LogP contribution in [0.5, 0.6) is 0 Å². The van der Waals surface area contributed by atoms with E-state index in [0.29, 0.717) is 11.6 Å². The molecule has 0 saturated heterocycles.